The lowest BCUT2D eigenvalue weighted by Gasteiger charge is -2.23. The molecule has 3 rings (SSSR count). The molecule has 2 aromatic carbocycles. The van der Waals surface area contributed by atoms with Gasteiger partial charge in [-0.3, -0.25) is 0 Å². The van der Waals surface area contributed by atoms with Crippen LogP contribution in [0, 0.1) is 0 Å². The van der Waals surface area contributed by atoms with Crippen molar-refractivity contribution in [2.45, 2.75) is 12.8 Å². The summed E-state index contributed by atoms with van der Waals surface area (Å²) in [7, 11) is 0. The van der Waals surface area contributed by atoms with Crippen LogP contribution in [0.2, 0.25) is 0 Å². The number of quaternary nitrogens is 1. The van der Waals surface area contributed by atoms with Gasteiger partial charge in [-0.25, -0.2) is 0 Å². The second kappa shape index (κ2) is 10.3. The molecular formula is C21H28N3OS+. The van der Waals surface area contributed by atoms with E-state index in [9.17, 15) is 0 Å². The van der Waals surface area contributed by atoms with Gasteiger partial charge in [-0.05, 0) is 35.8 Å². The van der Waals surface area contributed by atoms with Gasteiger partial charge in [0.1, 0.15) is 13.1 Å². The minimum atomic E-state index is 0.697. The molecule has 0 saturated carbocycles. The highest BCUT2D eigenvalue weighted by atomic mass is 32.1. The average Bonchev–Trinajstić information content (AvgIpc) is 2.68. The van der Waals surface area contributed by atoms with Gasteiger partial charge < -0.3 is 20.3 Å². The lowest BCUT2D eigenvalue weighted by Crippen LogP contribution is -3.14. The quantitative estimate of drug-likeness (QED) is 0.514. The Morgan fingerprint density at radius 1 is 1.00 bits per heavy atom. The zero-order chi connectivity index (χ0) is 18.0. The molecule has 1 heterocycles. The van der Waals surface area contributed by atoms with Crippen molar-refractivity contribution in [2.75, 3.05) is 44.7 Å². The van der Waals surface area contributed by atoms with Gasteiger partial charge in [0.25, 0.3) is 0 Å². The van der Waals surface area contributed by atoms with Crippen LogP contribution in [-0.4, -0.2) is 44.5 Å². The van der Waals surface area contributed by atoms with Crippen molar-refractivity contribution in [1.29, 1.82) is 0 Å². The Morgan fingerprint density at radius 2 is 1.73 bits per heavy atom. The van der Waals surface area contributed by atoms with E-state index in [1.807, 2.05) is 12.1 Å². The van der Waals surface area contributed by atoms with Gasteiger partial charge >= 0.3 is 0 Å². The number of hydrogen-bond acceptors (Lipinski definition) is 2. The van der Waals surface area contributed by atoms with Crippen LogP contribution in [0.3, 0.4) is 0 Å². The molecule has 1 aliphatic heterocycles. The number of hydrogen-bond donors (Lipinski definition) is 3. The molecule has 0 spiro atoms. The molecule has 0 unspecified atom stereocenters. The van der Waals surface area contributed by atoms with Crippen molar-refractivity contribution < 1.29 is 9.64 Å². The van der Waals surface area contributed by atoms with Crippen LogP contribution in [-0.2, 0) is 11.2 Å². The van der Waals surface area contributed by atoms with E-state index in [4.69, 9.17) is 17.0 Å². The highest BCUT2D eigenvalue weighted by Crippen LogP contribution is 2.19. The van der Waals surface area contributed by atoms with E-state index < -0.39 is 0 Å². The largest absolute Gasteiger partial charge is 0.370 e. The van der Waals surface area contributed by atoms with Crippen LogP contribution in [0.25, 0.3) is 0 Å². The number of morpholine rings is 1. The monoisotopic (exact) mass is 370 g/mol. The molecule has 4 nitrogen and oxygen atoms in total. The zero-order valence-electron chi connectivity index (χ0n) is 15.2. The Kier molecular flexibility index (Phi) is 7.43. The van der Waals surface area contributed by atoms with E-state index in [1.165, 1.54) is 17.7 Å². The second-order valence-electron chi connectivity index (χ2n) is 6.67. The molecule has 0 atom stereocenters. The van der Waals surface area contributed by atoms with Crippen molar-refractivity contribution in [3.05, 3.63) is 65.7 Å². The van der Waals surface area contributed by atoms with Crippen LogP contribution in [0.15, 0.2) is 54.6 Å². The van der Waals surface area contributed by atoms with Crippen LogP contribution < -0.4 is 15.5 Å². The van der Waals surface area contributed by atoms with E-state index in [2.05, 4.69) is 53.1 Å². The molecule has 0 radical (unpaired) electrons. The molecular weight excluding hydrogens is 342 g/mol. The summed E-state index contributed by atoms with van der Waals surface area (Å²) in [5.41, 5.74) is 3.63. The number of para-hydroxylation sites is 1. The topological polar surface area (TPSA) is 37.7 Å². The Bertz CT molecular complexity index is 687. The van der Waals surface area contributed by atoms with Gasteiger partial charge in [0, 0.05) is 18.7 Å². The van der Waals surface area contributed by atoms with Crippen LogP contribution >= 0.6 is 12.2 Å². The fourth-order valence-corrected chi connectivity index (χ4v) is 3.44. The first kappa shape index (κ1) is 18.8. The van der Waals surface area contributed by atoms with E-state index in [0.29, 0.717) is 5.11 Å². The standard InChI is InChI=1S/C21H27N3OS/c26-21(22-11-6-12-24-13-15-25-16-14-24)23-20-10-5-4-9-19(20)17-18-7-2-1-3-8-18/h1-5,7-10H,6,11-17H2,(H2,22,23,26)/p+1. The summed E-state index contributed by atoms with van der Waals surface area (Å²) in [6.07, 6.45) is 2.01. The van der Waals surface area contributed by atoms with Gasteiger partial charge in [-0.1, -0.05) is 48.5 Å². The summed E-state index contributed by atoms with van der Waals surface area (Å²) in [6.45, 7) is 6.09. The first-order chi connectivity index (χ1) is 12.8. The van der Waals surface area contributed by atoms with E-state index in [1.54, 1.807) is 4.90 Å². The molecule has 2 aromatic rings. The molecule has 138 valence electrons. The van der Waals surface area contributed by atoms with Crippen molar-refractivity contribution in [1.82, 2.24) is 5.32 Å². The third-order valence-corrected chi connectivity index (χ3v) is 4.94. The van der Waals surface area contributed by atoms with Gasteiger partial charge in [0.05, 0.1) is 19.8 Å². The summed E-state index contributed by atoms with van der Waals surface area (Å²) in [5.74, 6) is 0. The zero-order valence-corrected chi connectivity index (χ0v) is 16.0. The Morgan fingerprint density at radius 3 is 2.54 bits per heavy atom. The molecule has 1 fully saturated rings. The summed E-state index contributed by atoms with van der Waals surface area (Å²) < 4.78 is 5.40. The highest BCUT2D eigenvalue weighted by Gasteiger charge is 2.12. The van der Waals surface area contributed by atoms with Crippen LogP contribution in [0.4, 0.5) is 5.69 Å². The fraction of sp³-hybridized carbons (Fsp3) is 0.381. The number of rotatable bonds is 7. The van der Waals surface area contributed by atoms with Crippen LogP contribution in [0.5, 0.6) is 0 Å². The predicted octanol–water partition coefficient (Wildman–Crippen LogP) is 1.87. The van der Waals surface area contributed by atoms with Crippen molar-refractivity contribution in [2.24, 2.45) is 0 Å². The number of anilines is 1. The minimum absolute atomic E-state index is 0.697. The van der Waals surface area contributed by atoms with E-state index in [-0.39, 0.29) is 0 Å². The smallest absolute Gasteiger partial charge is 0.170 e. The minimum Gasteiger partial charge on any atom is -0.370 e. The summed E-state index contributed by atoms with van der Waals surface area (Å²) in [4.78, 5) is 1.63. The van der Waals surface area contributed by atoms with Gasteiger partial charge in [-0.2, -0.15) is 0 Å². The van der Waals surface area contributed by atoms with Crippen molar-refractivity contribution in [3.63, 3.8) is 0 Å². The lowest BCUT2D eigenvalue weighted by atomic mass is 10.0. The molecule has 3 N–H and O–H groups in total. The van der Waals surface area contributed by atoms with E-state index >= 15 is 0 Å². The maximum absolute atomic E-state index is 5.48. The van der Waals surface area contributed by atoms with Gasteiger partial charge in [0.2, 0.25) is 0 Å². The second-order valence-corrected chi connectivity index (χ2v) is 7.07. The summed E-state index contributed by atoms with van der Waals surface area (Å²) >= 11 is 5.48. The maximum Gasteiger partial charge on any atom is 0.170 e. The van der Waals surface area contributed by atoms with E-state index in [0.717, 1.165) is 51.4 Å². The average molecular weight is 371 g/mol. The number of ether oxygens (including phenoxy) is 1. The third-order valence-electron chi connectivity index (χ3n) is 4.70. The summed E-state index contributed by atoms with van der Waals surface area (Å²) in [5, 5.41) is 7.40. The first-order valence-corrected chi connectivity index (χ1v) is 9.80. The summed E-state index contributed by atoms with van der Waals surface area (Å²) in [6, 6.07) is 18.9. The Balaban J connectivity index is 1.45. The maximum atomic E-state index is 5.48. The Labute approximate surface area is 161 Å². The van der Waals surface area contributed by atoms with Crippen LogP contribution in [0.1, 0.15) is 17.5 Å². The molecule has 1 aliphatic rings. The molecule has 0 aliphatic carbocycles. The van der Waals surface area contributed by atoms with Crippen molar-refractivity contribution in [3.8, 4) is 0 Å². The fourth-order valence-electron chi connectivity index (χ4n) is 3.23. The number of thiocarbonyl (C=S) groups is 1. The SMILES string of the molecule is S=C(NCCC[NH+]1CCOCC1)Nc1ccccc1Cc1ccccc1. The normalized spacial score (nSPS) is 14.8. The van der Waals surface area contributed by atoms with Gasteiger partial charge in [0.15, 0.2) is 5.11 Å². The predicted molar refractivity (Wildman–Crippen MR) is 111 cm³/mol. The first-order valence-electron chi connectivity index (χ1n) is 9.39. The van der Waals surface area contributed by atoms with Gasteiger partial charge in [-0.15, -0.1) is 0 Å². The number of nitrogens with one attached hydrogen (secondary N) is 3. The molecule has 1 saturated heterocycles. The number of benzene rings is 2. The van der Waals surface area contributed by atoms with Crippen molar-refractivity contribution >= 4 is 23.0 Å². The molecule has 26 heavy (non-hydrogen) atoms. The lowest BCUT2D eigenvalue weighted by molar-refractivity contribution is -0.908. The third kappa shape index (κ3) is 6.09. The molecule has 0 aromatic heterocycles. The Hall–Kier alpha value is -1.95. The highest BCUT2D eigenvalue weighted by molar-refractivity contribution is 7.80. The molecule has 0 bridgehead atoms. The molecule has 5 heteroatoms. The molecule has 0 amide bonds.